The zero-order valence-electron chi connectivity index (χ0n) is 25.6. The molecule has 0 unspecified atom stereocenters. The van der Waals surface area contributed by atoms with Crippen molar-refractivity contribution >= 4 is 33.4 Å². The Bertz CT molecular complexity index is 1180. The van der Waals surface area contributed by atoms with E-state index in [0.29, 0.717) is 29.2 Å². The van der Waals surface area contributed by atoms with Crippen LogP contribution in [0.25, 0.3) is 5.76 Å². The number of unbranched alkanes of at least 4 members (excludes halogenated alkanes) is 13. The van der Waals surface area contributed by atoms with Crippen LogP contribution in [0.4, 0.5) is 0 Å². The Morgan fingerprint density at radius 2 is 1.33 bits per heavy atom. The van der Waals surface area contributed by atoms with Crippen molar-refractivity contribution in [1.29, 1.82) is 0 Å². The Kier molecular flexibility index (Phi) is 14.4. The molecule has 2 aromatic carbocycles. The van der Waals surface area contributed by atoms with Crippen molar-refractivity contribution in [2.75, 3.05) is 20.8 Å². The smallest absolute Gasteiger partial charge is 0.295 e. The summed E-state index contributed by atoms with van der Waals surface area (Å²) in [4.78, 5) is 28.3. The van der Waals surface area contributed by atoms with E-state index in [2.05, 4.69) is 22.9 Å². The highest BCUT2D eigenvalue weighted by molar-refractivity contribution is 9.10. The van der Waals surface area contributed by atoms with Crippen molar-refractivity contribution in [3.05, 3.63) is 63.6 Å². The van der Waals surface area contributed by atoms with E-state index in [-0.39, 0.29) is 11.3 Å². The predicted molar refractivity (Wildman–Crippen MR) is 173 cm³/mol. The van der Waals surface area contributed by atoms with Crippen LogP contribution in [0.15, 0.2) is 52.5 Å². The number of carbonyl (C=O) groups is 2. The second kappa shape index (κ2) is 18.0. The third-order valence-corrected chi connectivity index (χ3v) is 8.67. The molecule has 3 rings (SSSR count). The van der Waals surface area contributed by atoms with Gasteiger partial charge in [0.15, 0.2) is 0 Å². The van der Waals surface area contributed by atoms with Gasteiger partial charge in [-0.3, -0.25) is 9.59 Å². The number of amides is 1. The molecule has 0 spiro atoms. The summed E-state index contributed by atoms with van der Waals surface area (Å²) in [7, 11) is 3.12. The van der Waals surface area contributed by atoms with Crippen LogP contribution in [0.2, 0.25) is 0 Å². The third-order valence-electron chi connectivity index (χ3n) is 8.15. The van der Waals surface area contributed by atoms with Gasteiger partial charge in [0, 0.05) is 28.2 Å². The Balaban J connectivity index is 1.63. The number of methoxy groups -OCH3 is 2. The van der Waals surface area contributed by atoms with Crippen LogP contribution >= 0.6 is 15.9 Å². The molecule has 0 radical (unpaired) electrons. The van der Waals surface area contributed by atoms with Crippen molar-refractivity contribution in [2.24, 2.45) is 0 Å². The molecule has 0 bridgehead atoms. The van der Waals surface area contributed by atoms with E-state index in [1.807, 2.05) is 0 Å². The van der Waals surface area contributed by atoms with Crippen molar-refractivity contribution in [1.82, 2.24) is 4.90 Å². The van der Waals surface area contributed by atoms with Gasteiger partial charge in [-0.05, 0) is 30.7 Å². The monoisotopic (exact) mass is 641 g/mol. The zero-order chi connectivity index (χ0) is 30.3. The first-order valence-electron chi connectivity index (χ1n) is 15.7. The minimum absolute atomic E-state index is 0.0798. The standard InChI is InChI=1S/C35H48BrNO5/c1-4-5-6-7-8-9-10-11-12-13-14-15-16-17-24-37-32(29-23-22-28(41-2)25-30(29)42-3)31(34(39)35(37)40)33(38)26-18-20-27(36)21-19-26/h18-23,25,32,38H,4-17,24H2,1-3H3/b33-31+/t32-/m1/s1. The van der Waals surface area contributed by atoms with E-state index in [0.717, 1.165) is 23.7 Å². The summed E-state index contributed by atoms with van der Waals surface area (Å²) in [5, 5.41) is 11.3. The molecule has 1 saturated heterocycles. The number of nitrogens with zero attached hydrogens (tertiary/aromatic N) is 1. The molecular weight excluding hydrogens is 594 g/mol. The highest BCUT2D eigenvalue weighted by Crippen LogP contribution is 2.44. The van der Waals surface area contributed by atoms with E-state index >= 15 is 0 Å². The third kappa shape index (κ3) is 9.35. The molecule has 42 heavy (non-hydrogen) atoms. The second-order valence-electron chi connectivity index (χ2n) is 11.2. The van der Waals surface area contributed by atoms with Crippen LogP contribution in [0.3, 0.4) is 0 Å². The number of hydrogen-bond donors (Lipinski definition) is 1. The van der Waals surface area contributed by atoms with Crippen LogP contribution in [-0.4, -0.2) is 42.5 Å². The highest BCUT2D eigenvalue weighted by atomic mass is 79.9. The largest absolute Gasteiger partial charge is 0.507 e. The van der Waals surface area contributed by atoms with Gasteiger partial charge in [-0.1, -0.05) is 118 Å². The number of hydrogen-bond acceptors (Lipinski definition) is 5. The van der Waals surface area contributed by atoms with Gasteiger partial charge in [0.2, 0.25) is 0 Å². The van der Waals surface area contributed by atoms with Gasteiger partial charge in [0.05, 0.1) is 25.8 Å². The molecule has 2 aromatic rings. The number of aliphatic hydroxyl groups is 1. The molecule has 0 aromatic heterocycles. The first-order valence-corrected chi connectivity index (χ1v) is 16.5. The SMILES string of the molecule is CCCCCCCCCCCCCCCCN1C(=O)C(=O)/C(=C(/O)c2ccc(Br)cc2)[C@H]1c1ccc(OC)cc1OC. The molecule has 1 N–H and O–H groups in total. The molecule has 7 heteroatoms. The van der Waals surface area contributed by atoms with Crippen LogP contribution in [0, 0.1) is 0 Å². The number of likely N-dealkylation sites (tertiary alicyclic amines) is 1. The molecule has 1 aliphatic rings. The Labute approximate surface area is 260 Å². The van der Waals surface area contributed by atoms with Crippen LogP contribution in [0.5, 0.6) is 11.5 Å². The molecule has 230 valence electrons. The van der Waals surface area contributed by atoms with E-state index < -0.39 is 17.7 Å². The first kappa shape index (κ1) is 33.7. The molecule has 1 fully saturated rings. The van der Waals surface area contributed by atoms with Crippen LogP contribution < -0.4 is 9.47 Å². The topological polar surface area (TPSA) is 76.1 Å². The molecule has 1 amide bonds. The number of ketones is 1. The lowest BCUT2D eigenvalue weighted by atomic mass is 9.94. The van der Waals surface area contributed by atoms with E-state index in [9.17, 15) is 14.7 Å². The van der Waals surface area contributed by atoms with Crippen molar-refractivity contribution in [2.45, 2.75) is 103 Å². The Hall–Kier alpha value is -2.80. The lowest BCUT2D eigenvalue weighted by Gasteiger charge is -2.27. The maximum absolute atomic E-state index is 13.4. The number of halogens is 1. The van der Waals surface area contributed by atoms with Gasteiger partial charge in [-0.25, -0.2) is 0 Å². The number of benzene rings is 2. The maximum Gasteiger partial charge on any atom is 0.295 e. The fraction of sp³-hybridized carbons (Fsp3) is 0.543. The van der Waals surface area contributed by atoms with Gasteiger partial charge in [0.1, 0.15) is 17.3 Å². The molecule has 1 atom stereocenters. The lowest BCUT2D eigenvalue weighted by Crippen LogP contribution is -2.31. The average molecular weight is 643 g/mol. The van der Waals surface area contributed by atoms with Crippen LogP contribution in [0.1, 0.15) is 114 Å². The average Bonchev–Trinajstić information content (AvgIpc) is 3.25. The van der Waals surface area contributed by atoms with Gasteiger partial charge in [0.25, 0.3) is 11.7 Å². The highest BCUT2D eigenvalue weighted by Gasteiger charge is 2.46. The van der Waals surface area contributed by atoms with Crippen molar-refractivity contribution < 1.29 is 24.2 Å². The van der Waals surface area contributed by atoms with Gasteiger partial charge in [-0.2, -0.15) is 0 Å². The lowest BCUT2D eigenvalue weighted by molar-refractivity contribution is -0.139. The molecule has 1 heterocycles. The molecule has 0 saturated carbocycles. The van der Waals surface area contributed by atoms with E-state index in [1.165, 1.54) is 70.6 Å². The summed E-state index contributed by atoms with van der Waals surface area (Å²) in [6.45, 7) is 2.69. The van der Waals surface area contributed by atoms with Crippen molar-refractivity contribution in [3.63, 3.8) is 0 Å². The number of carbonyl (C=O) groups excluding carboxylic acids is 2. The summed E-state index contributed by atoms with van der Waals surface area (Å²) in [5.74, 6) is -0.358. The summed E-state index contributed by atoms with van der Waals surface area (Å²) in [6.07, 6.45) is 17.4. The molecule has 1 aliphatic heterocycles. The summed E-state index contributed by atoms with van der Waals surface area (Å²) >= 11 is 3.41. The van der Waals surface area contributed by atoms with E-state index in [1.54, 1.807) is 61.6 Å². The number of rotatable bonds is 19. The quantitative estimate of drug-likeness (QED) is 0.0715. The van der Waals surface area contributed by atoms with Crippen LogP contribution in [-0.2, 0) is 9.59 Å². The summed E-state index contributed by atoms with van der Waals surface area (Å²) in [6, 6.07) is 11.6. The fourth-order valence-electron chi connectivity index (χ4n) is 5.72. The molecular formula is C35H48BrNO5. The zero-order valence-corrected chi connectivity index (χ0v) is 27.2. The first-order chi connectivity index (χ1) is 20.4. The summed E-state index contributed by atoms with van der Waals surface area (Å²) in [5.41, 5.74) is 1.20. The fourth-order valence-corrected chi connectivity index (χ4v) is 5.98. The summed E-state index contributed by atoms with van der Waals surface area (Å²) < 4.78 is 11.9. The van der Waals surface area contributed by atoms with Gasteiger partial charge < -0.3 is 19.5 Å². The number of ether oxygens (including phenoxy) is 2. The van der Waals surface area contributed by atoms with Gasteiger partial charge in [-0.15, -0.1) is 0 Å². The maximum atomic E-state index is 13.4. The van der Waals surface area contributed by atoms with E-state index in [4.69, 9.17) is 9.47 Å². The van der Waals surface area contributed by atoms with Gasteiger partial charge >= 0.3 is 0 Å². The normalized spacial score (nSPS) is 16.3. The number of aliphatic hydroxyl groups excluding tert-OH is 1. The minimum atomic E-state index is -0.753. The molecule has 6 nitrogen and oxygen atoms in total. The second-order valence-corrected chi connectivity index (χ2v) is 12.1. The Morgan fingerprint density at radius 3 is 1.86 bits per heavy atom. The minimum Gasteiger partial charge on any atom is -0.507 e. The molecule has 0 aliphatic carbocycles. The Morgan fingerprint density at radius 1 is 0.786 bits per heavy atom. The number of Topliss-reactive ketones (excluding diaryl/α,β-unsaturated/α-hetero) is 1. The van der Waals surface area contributed by atoms with Crippen molar-refractivity contribution in [3.8, 4) is 11.5 Å². The predicted octanol–water partition coefficient (Wildman–Crippen LogP) is 9.37.